The average molecular weight is 476 g/mol. The molecular formula is C33H21N3O. The molecule has 0 unspecified atom stereocenters. The zero-order chi connectivity index (χ0) is 24.6. The maximum atomic E-state index is 6.42. The molecule has 7 aromatic rings. The molecule has 7 rings (SSSR count). The summed E-state index contributed by atoms with van der Waals surface area (Å²) in [6.07, 6.45) is 0. The van der Waals surface area contributed by atoms with Gasteiger partial charge in [-0.15, -0.1) is 0 Å². The molecule has 0 saturated carbocycles. The fraction of sp³-hybridized carbons (Fsp3) is 0. The predicted octanol–water partition coefficient (Wildman–Crippen LogP) is 8.44. The summed E-state index contributed by atoms with van der Waals surface area (Å²) in [6, 6.07) is 42.8. The van der Waals surface area contributed by atoms with Gasteiger partial charge in [-0.1, -0.05) is 109 Å². The first-order valence-electron chi connectivity index (χ1n) is 12.2. The highest BCUT2D eigenvalue weighted by atomic mass is 16.3. The highest BCUT2D eigenvalue weighted by molar-refractivity contribution is 6.10. The molecular weight excluding hydrogens is 454 g/mol. The predicted molar refractivity (Wildman–Crippen MR) is 149 cm³/mol. The van der Waals surface area contributed by atoms with Crippen molar-refractivity contribution in [3.05, 3.63) is 127 Å². The van der Waals surface area contributed by atoms with E-state index in [1.54, 1.807) is 0 Å². The smallest absolute Gasteiger partial charge is 0.167 e. The van der Waals surface area contributed by atoms with Crippen molar-refractivity contribution in [1.82, 2.24) is 15.0 Å². The Hall–Kier alpha value is -5.09. The van der Waals surface area contributed by atoms with Gasteiger partial charge in [-0.2, -0.15) is 0 Å². The first-order valence-corrected chi connectivity index (χ1v) is 12.2. The van der Waals surface area contributed by atoms with Gasteiger partial charge >= 0.3 is 0 Å². The third kappa shape index (κ3) is 3.85. The number of hydrogen-bond donors (Lipinski definition) is 0. The van der Waals surface area contributed by atoms with E-state index in [0.717, 1.165) is 49.8 Å². The SMILES string of the molecule is c1ccc(-c2cc(-c3nc(-c4ccccc4)nc(-c4ccccc4)n3)c3oc4ccccc4c3c2)cc1. The van der Waals surface area contributed by atoms with Crippen LogP contribution in [-0.2, 0) is 0 Å². The van der Waals surface area contributed by atoms with Crippen LogP contribution in [0, 0.1) is 0 Å². The lowest BCUT2D eigenvalue weighted by Crippen LogP contribution is -2.00. The van der Waals surface area contributed by atoms with Crippen LogP contribution in [0.2, 0.25) is 0 Å². The van der Waals surface area contributed by atoms with Crippen LogP contribution in [0.5, 0.6) is 0 Å². The highest BCUT2D eigenvalue weighted by Crippen LogP contribution is 2.39. The van der Waals surface area contributed by atoms with Gasteiger partial charge in [-0.25, -0.2) is 15.0 Å². The molecule has 0 amide bonds. The van der Waals surface area contributed by atoms with Crippen LogP contribution in [0.15, 0.2) is 132 Å². The van der Waals surface area contributed by atoms with E-state index in [1.807, 2.05) is 84.9 Å². The fourth-order valence-corrected chi connectivity index (χ4v) is 4.72. The first-order chi connectivity index (χ1) is 18.3. The Kier molecular flexibility index (Phi) is 5.07. The van der Waals surface area contributed by atoms with Crippen LogP contribution in [-0.4, -0.2) is 15.0 Å². The van der Waals surface area contributed by atoms with Crippen LogP contribution in [0.3, 0.4) is 0 Å². The van der Waals surface area contributed by atoms with E-state index < -0.39 is 0 Å². The lowest BCUT2D eigenvalue weighted by molar-refractivity contribution is 0.669. The third-order valence-corrected chi connectivity index (χ3v) is 6.53. The molecule has 5 aromatic carbocycles. The van der Waals surface area contributed by atoms with E-state index in [0.29, 0.717) is 17.5 Å². The quantitative estimate of drug-likeness (QED) is 0.256. The van der Waals surface area contributed by atoms with Gasteiger partial charge in [0.15, 0.2) is 17.5 Å². The van der Waals surface area contributed by atoms with E-state index in [2.05, 4.69) is 42.5 Å². The normalized spacial score (nSPS) is 11.2. The van der Waals surface area contributed by atoms with Crippen molar-refractivity contribution >= 4 is 21.9 Å². The molecule has 0 radical (unpaired) electrons. The summed E-state index contributed by atoms with van der Waals surface area (Å²) in [4.78, 5) is 14.8. The monoisotopic (exact) mass is 475 g/mol. The zero-order valence-electron chi connectivity index (χ0n) is 19.9. The van der Waals surface area contributed by atoms with Crippen molar-refractivity contribution in [2.45, 2.75) is 0 Å². The number of aromatic nitrogens is 3. The Bertz CT molecular complexity index is 1800. The minimum absolute atomic E-state index is 0.578. The molecule has 0 aliphatic carbocycles. The second-order valence-corrected chi connectivity index (χ2v) is 8.90. The van der Waals surface area contributed by atoms with Gasteiger partial charge in [0.25, 0.3) is 0 Å². The van der Waals surface area contributed by atoms with Crippen LogP contribution in [0.25, 0.3) is 67.2 Å². The molecule has 174 valence electrons. The van der Waals surface area contributed by atoms with Crippen molar-refractivity contribution in [1.29, 1.82) is 0 Å². The molecule has 4 nitrogen and oxygen atoms in total. The number of nitrogens with zero attached hydrogens (tertiary/aromatic N) is 3. The van der Waals surface area contributed by atoms with Gasteiger partial charge in [0.2, 0.25) is 0 Å². The first kappa shape index (κ1) is 21.2. The number of para-hydroxylation sites is 1. The standard InChI is InChI=1S/C33H21N3O/c1-4-12-22(13-5-1)25-20-27-26-18-10-11-19-29(26)37-30(27)28(21-25)33-35-31(23-14-6-2-7-15-23)34-32(36-33)24-16-8-3-9-17-24/h1-21H. The summed E-state index contributed by atoms with van der Waals surface area (Å²) < 4.78 is 6.42. The van der Waals surface area contributed by atoms with Crippen LogP contribution >= 0.6 is 0 Å². The Morgan fingerprint density at radius 1 is 0.405 bits per heavy atom. The van der Waals surface area contributed by atoms with Gasteiger partial charge in [0.1, 0.15) is 11.2 Å². The summed E-state index contributed by atoms with van der Waals surface area (Å²) in [7, 11) is 0. The minimum Gasteiger partial charge on any atom is -0.455 e. The van der Waals surface area contributed by atoms with Gasteiger partial charge in [-0.3, -0.25) is 0 Å². The molecule has 0 aliphatic heterocycles. The van der Waals surface area contributed by atoms with Gasteiger partial charge in [-0.05, 0) is 29.3 Å². The Balaban J connectivity index is 1.55. The zero-order valence-corrected chi connectivity index (χ0v) is 19.9. The van der Waals surface area contributed by atoms with E-state index in [1.165, 1.54) is 0 Å². The maximum absolute atomic E-state index is 6.42. The molecule has 0 fully saturated rings. The van der Waals surface area contributed by atoms with Gasteiger partial charge < -0.3 is 4.42 Å². The summed E-state index contributed by atoms with van der Waals surface area (Å²) in [5, 5.41) is 2.10. The second kappa shape index (κ2) is 8.85. The molecule has 0 saturated heterocycles. The summed E-state index contributed by atoms with van der Waals surface area (Å²) >= 11 is 0. The Morgan fingerprint density at radius 2 is 0.919 bits per heavy atom. The van der Waals surface area contributed by atoms with Gasteiger partial charge in [0.05, 0.1) is 5.56 Å². The third-order valence-electron chi connectivity index (χ3n) is 6.53. The van der Waals surface area contributed by atoms with Crippen molar-refractivity contribution in [2.24, 2.45) is 0 Å². The van der Waals surface area contributed by atoms with Crippen molar-refractivity contribution in [3.8, 4) is 45.3 Å². The van der Waals surface area contributed by atoms with Gasteiger partial charge in [0, 0.05) is 21.9 Å². The van der Waals surface area contributed by atoms with Crippen molar-refractivity contribution in [2.75, 3.05) is 0 Å². The molecule has 2 aromatic heterocycles. The summed E-state index contributed by atoms with van der Waals surface area (Å²) in [5.41, 5.74) is 6.51. The molecule has 0 N–H and O–H groups in total. The molecule has 37 heavy (non-hydrogen) atoms. The van der Waals surface area contributed by atoms with Crippen LogP contribution in [0.4, 0.5) is 0 Å². The molecule has 4 heteroatoms. The number of furan rings is 1. The minimum atomic E-state index is 0.578. The number of benzene rings is 5. The fourth-order valence-electron chi connectivity index (χ4n) is 4.72. The maximum Gasteiger partial charge on any atom is 0.167 e. The lowest BCUT2D eigenvalue weighted by Gasteiger charge is -2.10. The molecule has 0 aliphatic rings. The van der Waals surface area contributed by atoms with Crippen molar-refractivity contribution in [3.63, 3.8) is 0 Å². The van der Waals surface area contributed by atoms with Crippen molar-refractivity contribution < 1.29 is 4.42 Å². The number of rotatable bonds is 4. The second-order valence-electron chi connectivity index (χ2n) is 8.90. The Morgan fingerprint density at radius 3 is 1.54 bits per heavy atom. The molecule has 0 bridgehead atoms. The summed E-state index contributed by atoms with van der Waals surface area (Å²) in [6.45, 7) is 0. The van der Waals surface area contributed by atoms with Crippen LogP contribution in [0.1, 0.15) is 0 Å². The van der Waals surface area contributed by atoms with Crippen LogP contribution < -0.4 is 0 Å². The van der Waals surface area contributed by atoms with E-state index in [4.69, 9.17) is 19.4 Å². The number of fused-ring (bicyclic) bond motifs is 3. The molecule has 0 spiro atoms. The largest absolute Gasteiger partial charge is 0.455 e. The summed E-state index contributed by atoms with van der Waals surface area (Å²) in [5.74, 6) is 1.83. The highest BCUT2D eigenvalue weighted by Gasteiger charge is 2.19. The van der Waals surface area contributed by atoms with E-state index >= 15 is 0 Å². The average Bonchev–Trinajstić information content (AvgIpc) is 3.36. The Labute approximate surface area is 213 Å². The lowest BCUT2D eigenvalue weighted by atomic mass is 9.99. The van der Waals surface area contributed by atoms with E-state index in [9.17, 15) is 0 Å². The molecule has 2 heterocycles. The number of hydrogen-bond acceptors (Lipinski definition) is 4. The topological polar surface area (TPSA) is 51.8 Å². The van der Waals surface area contributed by atoms with E-state index in [-0.39, 0.29) is 0 Å². The molecule has 0 atom stereocenters.